The smallest absolute Gasteiger partial charge is 0.273 e. The van der Waals surface area contributed by atoms with E-state index in [1.807, 2.05) is 72.8 Å². The van der Waals surface area contributed by atoms with Crippen LogP contribution in [0, 0.1) is 0 Å². The number of anilines is 1. The zero-order valence-corrected chi connectivity index (χ0v) is 17.5. The van der Waals surface area contributed by atoms with Crippen LogP contribution in [0.25, 0.3) is 17.0 Å². The van der Waals surface area contributed by atoms with Gasteiger partial charge in [0.25, 0.3) is 5.91 Å². The third kappa shape index (κ3) is 4.99. The second-order valence-corrected chi connectivity index (χ2v) is 7.20. The molecular formula is C26H22N4O2. The predicted octanol–water partition coefficient (Wildman–Crippen LogP) is 4.97. The van der Waals surface area contributed by atoms with Crippen LogP contribution in [-0.4, -0.2) is 22.5 Å². The van der Waals surface area contributed by atoms with E-state index in [9.17, 15) is 9.59 Å². The van der Waals surface area contributed by atoms with Gasteiger partial charge in [-0.1, -0.05) is 60.7 Å². The molecule has 0 aliphatic carbocycles. The van der Waals surface area contributed by atoms with E-state index in [1.54, 1.807) is 25.3 Å². The summed E-state index contributed by atoms with van der Waals surface area (Å²) in [5, 5.41) is 7.91. The number of amides is 2. The molecule has 4 aromatic rings. The highest BCUT2D eigenvalue weighted by molar-refractivity contribution is 6.08. The first kappa shape index (κ1) is 20.8. The first-order valence-electron chi connectivity index (χ1n) is 10.2. The highest BCUT2D eigenvalue weighted by Gasteiger charge is 2.11. The van der Waals surface area contributed by atoms with Crippen LogP contribution in [0.5, 0.6) is 0 Å². The molecule has 0 fully saturated rings. The zero-order valence-electron chi connectivity index (χ0n) is 17.5. The molecule has 0 radical (unpaired) electrons. The van der Waals surface area contributed by atoms with Crippen LogP contribution in [0.2, 0.25) is 0 Å². The number of nitrogens with zero attached hydrogens (tertiary/aromatic N) is 1. The molecule has 1 heterocycles. The van der Waals surface area contributed by atoms with Gasteiger partial charge in [0.1, 0.15) is 0 Å². The lowest BCUT2D eigenvalue weighted by atomic mass is 10.1. The van der Waals surface area contributed by atoms with E-state index >= 15 is 0 Å². The van der Waals surface area contributed by atoms with Gasteiger partial charge in [-0.15, -0.1) is 0 Å². The SMILES string of the molecule is CC(=NNC(=O)c1c[nH]c2ccccc12)c1cccc(NC(=O)C=Cc2ccccc2)c1. The Hall–Kier alpha value is -4.45. The normalized spacial score (nSPS) is 11.6. The molecule has 3 aromatic carbocycles. The largest absolute Gasteiger partial charge is 0.360 e. The lowest BCUT2D eigenvalue weighted by molar-refractivity contribution is -0.111. The second kappa shape index (κ2) is 9.57. The van der Waals surface area contributed by atoms with Crippen molar-refractivity contribution in [2.75, 3.05) is 5.32 Å². The molecular weight excluding hydrogens is 400 g/mol. The molecule has 0 saturated heterocycles. The Morgan fingerprint density at radius 3 is 2.56 bits per heavy atom. The summed E-state index contributed by atoms with van der Waals surface area (Å²) >= 11 is 0. The fraction of sp³-hybridized carbons (Fsp3) is 0.0385. The van der Waals surface area contributed by atoms with Crippen LogP contribution >= 0.6 is 0 Å². The van der Waals surface area contributed by atoms with Gasteiger partial charge in [0.2, 0.25) is 5.91 Å². The van der Waals surface area contributed by atoms with Gasteiger partial charge in [-0.2, -0.15) is 5.10 Å². The first-order valence-corrected chi connectivity index (χ1v) is 10.2. The highest BCUT2D eigenvalue weighted by Crippen LogP contribution is 2.17. The van der Waals surface area contributed by atoms with Crippen molar-refractivity contribution in [3.05, 3.63) is 108 Å². The Balaban J connectivity index is 1.41. The average Bonchev–Trinajstić information content (AvgIpc) is 3.26. The number of para-hydroxylation sites is 1. The van der Waals surface area contributed by atoms with Crippen LogP contribution in [0.1, 0.15) is 28.4 Å². The van der Waals surface area contributed by atoms with Crippen molar-refractivity contribution in [1.82, 2.24) is 10.4 Å². The van der Waals surface area contributed by atoms with Gasteiger partial charge < -0.3 is 10.3 Å². The topological polar surface area (TPSA) is 86.3 Å². The third-order valence-corrected chi connectivity index (χ3v) is 4.93. The van der Waals surface area contributed by atoms with Crippen molar-refractivity contribution >= 4 is 40.2 Å². The summed E-state index contributed by atoms with van der Waals surface area (Å²) in [7, 11) is 0. The lowest BCUT2D eigenvalue weighted by Gasteiger charge is -2.06. The maximum absolute atomic E-state index is 12.6. The van der Waals surface area contributed by atoms with Gasteiger partial charge in [-0.3, -0.25) is 9.59 Å². The Bertz CT molecular complexity index is 1320. The first-order chi connectivity index (χ1) is 15.6. The Labute approximate surface area is 185 Å². The molecule has 6 nitrogen and oxygen atoms in total. The number of aromatic nitrogens is 1. The molecule has 158 valence electrons. The molecule has 0 saturated carbocycles. The molecule has 6 heteroatoms. The van der Waals surface area contributed by atoms with Crippen molar-refractivity contribution < 1.29 is 9.59 Å². The number of aromatic amines is 1. The fourth-order valence-corrected chi connectivity index (χ4v) is 3.26. The molecule has 3 N–H and O–H groups in total. The Morgan fingerprint density at radius 2 is 1.72 bits per heavy atom. The summed E-state index contributed by atoms with van der Waals surface area (Å²) in [5.74, 6) is -0.523. The summed E-state index contributed by atoms with van der Waals surface area (Å²) in [6, 6.07) is 24.5. The van der Waals surface area contributed by atoms with Gasteiger partial charge in [0.05, 0.1) is 11.3 Å². The third-order valence-electron chi connectivity index (χ3n) is 4.93. The van der Waals surface area contributed by atoms with Crippen molar-refractivity contribution in [3.63, 3.8) is 0 Å². The number of fused-ring (bicyclic) bond motifs is 1. The van der Waals surface area contributed by atoms with E-state index in [2.05, 4.69) is 20.8 Å². The van der Waals surface area contributed by atoms with Crippen LogP contribution in [0.4, 0.5) is 5.69 Å². The van der Waals surface area contributed by atoms with Crippen molar-refractivity contribution in [3.8, 4) is 0 Å². The molecule has 32 heavy (non-hydrogen) atoms. The maximum Gasteiger partial charge on any atom is 0.273 e. The fourth-order valence-electron chi connectivity index (χ4n) is 3.26. The number of carbonyl (C=O) groups is 2. The van der Waals surface area contributed by atoms with Crippen LogP contribution in [-0.2, 0) is 4.79 Å². The monoisotopic (exact) mass is 422 g/mol. The Morgan fingerprint density at radius 1 is 0.938 bits per heavy atom. The van der Waals surface area contributed by atoms with Gasteiger partial charge in [-0.25, -0.2) is 5.43 Å². The molecule has 2 amide bonds. The predicted molar refractivity (Wildman–Crippen MR) is 129 cm³/mol. The minimum Gasteiger partial charge on any atom is -0.360 e. The second-order valence-electron chi connectivity index (χ2n) is 7.20. The summed E-state index contributed by atoms with van der Waals surface area (Å²) in [6.45, 7) is 1.80. The highest BCUT2D eigenvalue weighted by atomic mass is 16.2. The van der Waals surface area contributed by atoms with Crippen LogP contribution in [0.3, 0.4) is 0 Å². The summed E-state index contributed by atoms with van der Waals surface area (Å²) in [6.07, 6.45) is 4.92. The molecule has 0 aliphatic heterocycles. The van der Waals surface area contributed by atoms with Gasteiger partial charge in [0, 0.05) is 28.9 Å². The molecule has 0 spiro atoms. The zero-order chi connectivity index (χ0) is 22.3. The maximum atomic E-state index is 12.6. The van der Waals surface area contributed by atoms with Crippen molar-refractivity contribution in [2.24, 2.45) is 5.10 Å². The number of rotatable bonds is 6. The summed E-state index contributed by atoms with van der Waals surface area (Å²) < 4.78 is 0. The number of carbonyl (C=O) groups excluding carboxylic acids is 2. The quantitative estimate of drug-likeness (QED) is 0.233. The molecule has 4 rings (SSSR count). The number of hydrazone groups is 1. The van der Waals surface area contributed by atoms with Crippen LogP contribution in [0.15, 0.2) is 96.2 Å². The lowest BCUT2D eigenvalue weighted by Crippen LogP contribution is -2.19. The van der Waals surface area contributed by atoms with Gasteiger partial charge in [0.15, 0.2) is 0 Å². The molecule has 0 bridgehead atoms. The van der Waals surface area contributed by atoms with Crippen molar-refractivity contribution in [2.45, 2.75) is 6.92 Å². The molecule has 1 aromatic heterocycles. The number of hydrogen-bond acceptors (Lipinski definition) is 3. The minimum absolute atomic E-state index is 0.228. The van der Waals surface area contributed by atoms with E-state index in [1.165, 1.54) is 6.08 Å². The van der Waals surface area contributed by atoms with Gasteiger partial charge >= 0.3 is 0 Å². The van der Waals surface area contributed by atoms with E-state index in [0.29, 0.717) is 17.0 Å². The van der Waals surface area contributed by atoms with E-state index in [-0.39, 0.29) is 11.8 Å². The standard InChI is InChI=1S/C26H22N4O2/c1-18(29-30-26(32)23-17-27-24-13-6-5-12-22(23)24)20-10-7-11-21(16-20)28-25(31)15-14-19-8-3-2-4-9-19/h2-17,27H,1H3,(H,28,31)(H,30,32). The van der Waals surface area contributed by atoms with Gasteiger partial charge in [-0.05, 0) is 42.3 Å². The van der Waals surface area contributed by atoms with E-state index < -0.39 is 0 Å². The summed E-state index contributed by atoms with van der Waals surface area (Å²) in [4.78, 5) is 27.9. The number of hydrogen-bond donors (Lipinski definition) is 3. The van der Waals surface area contributed by atoms with Crippen molar-refractivity contribution in [1.29, 1.82) is 0 Å². The number of nitrogens with one attached hydrogen (secondary N) is 3. The average molecular weight is 422 g/mol. The summed E-state index contributed by atoms with van der Waals surface area (Å²) in [5.41, 5.74) is 7.02. The molecule has 0 aliphatic rings. The minimum atomic E-state index is -0.294. The molecule has 0 unspecified atom stereocenters. The van der Waals surface area contributed by atoms with E-state index in [4.69, 9.17) is 0 Å². The Kier molecular flexibility index (Phi) is 6.22. The van der Waals surface area contributed by atoms with E-state index in [0.717, 1.165) is 22.0 Å². The molecule has 0 atom stereocenters. The van der Waals surface area contributed by atoms with Crippen LogP contribution < -0.4 is 10.7 Å². The number of benzene rings is 3. The number of H-pyrrole nitrogens is 1.